The van der Waals surface area contributed by atoms with Gasteiger partial charge in [0.15, 0.2) is 0 Å². The predicted molar refractivity (Wildman–Crippen MR) is 83.9 cm³/mol. The van der Waals surface area contributed by atoms with Gasteiger partial charge in [0.05, 0.1) is 13.0 Å². The molecule has 120 valence electrons. The van der Waals surface area contributed by atoms with Crippen molar-refractivity contribution in [3.05, 3.63) is 0 Å². The van der Waals surface area contributed by atoms with Crippen LogP contribution in [-0.4, -0.2) is 38.1 Å². The number of esters is 1. The summed E-state index contributed by atoms with van der Waals surface area (Å²) in [5.74, 6) is 3.01. The number of rotatable bonds is 6. The Morgan fingerprint density at radius 1 is 1.19 bits per heavy atom. The average molecular weight is 293 g/mol. The lowest BCUT2D eigenvalue weighted by Gasteiger charge is -2.57. The van der Waals surface area contributed by atoms with Crippen molar-refractivity contribution >= 4 is 5.97 Å². The Kier molecular flexibility index (Phi) is 4.31. The van der Waals surface area contributed by atoms with Crippen LogP contribution in [0.2, 0.25) is 0 Å². The fourth-order valence-corrected chi connectivity index (χ4v) is 5.86. The molecule has 0 saturated heterocycles. The third-order valence-corrected chi connectivity index (χ3v) is 6.38. The monoisotopic (exact) mass is 293 g/mol. The summed E-state index contributed by atoms with van der Waals surface area (Å²) >= 11 is 0. The molecule has 4 rings (SSSR count). The molecule has 1 atom stereocenters. The number of carbonyl (C=O) groups is 1. The fraction of sp³-hybridized carbons (Fsp3) is 0.944. The van der Waals surface area contributed by atoms with Gasteiger partial charge in [-0.25, -0.2) is 0 Å². The molecule has 21 heavy (non-hydrogen) atoms. The Balaban J connectivity index is 1.50. The maximum Gasteiger partial charge on any atom is 0.309 e. The minimum absolute atomic E-state index is 0.0173. The van der Waals surface area contributed by atoms with Gasteiger partial charge in [0.25, 0.3) is 0 Å². The van der Waals surface area contributed by atoms with E-state index in [1.165, 1.54) is 52.1 Å². The molecule has 3 nitrogen and oxygen atoms in total. The van der Waals surface area contributed by atoms with Crippen LogP contribution in [0.15, 0.2) is 0 Å². The quantitative estimate of drug-likeness (QED) is 0.704. The first-order valence-electron chi connectivity index (χ1n) is 8.76. The number of hydrogen-bond donors (Lipinski definition) is 0. The number of hydrogen-bond acceptors (Lipinski definition) is 3. The molecule has 0 aromatic carbocycles. The first-order valence-corrected chi connectivity index (χ1v) is 8.76. The molecule has 4 aliphatic rings. The van der Waals surface area contributed by atoms with Crippen molar-refractivity contribution in [2.75, 3.05) is 27.2 Å². The molecule has 1 unspecified atom stereocenters. The fourth-order valence-electron chi connectivity index (χ4n) is 5.86. The van der Waals surface area contributed by atoms with Gasteiger partial charge in [-0.1, -0.05) is 6.92 Å². The summed E-state index contributed by atoms with van der Waals surface area (Å²) < 4.78 is 4.83. The van der Waals surface area contributed by atoms with E-state index < -0.39 is 0 Å². The minimum Gasteiger partial charge on any atom is -0.469 e. The highest BCUT2D eigenvalue weighted by molar-refractivity contribution is 5.72. The lowest BCUT2D eigenvalue weighted by atomic mass is 9.49. The molecule has 0 aromatic heterocycles. The van der Waals surface area contributed by atoms with E-state index in [9.17, 15) is 4.79 Å². The standard InChI is InChI=1S/C18H31NO2/c1-13(17(20)21-3)12-19(2)5-4-18-9-14-6-15(10-18)8-16(7-14)11-18/h13-16H,4-12H2,1-3H3. The number of ether oxygens (including phenoxy) is 1. The van der Waals surface area contributed by atoms with Gasteiger partial charge < -0.3 is 9.64 Å². The maximum absolute atomic E-state index is 11.5. The Morgan fingerprint density at radius 3 is 2.19 bits per heavy atom. The predicted octanol–water partition coefficient (Wildman–Crippen LogP) is 3.33. The molecule has 0 aromatic rings. The van der Waals surface area contributed by atoms with Gasteiger partial charge in [-0.15, -0.1) is 0 Å². The molecule has 0 aliphatic heterocycles. The Hall–Kier alpha value is -0.570. The second-order valence-corrected chi connectivity index (χ2v) is 8.35. The second kappa shape index (κ2) is 5.91. The summed E-state index contributed by atoms with van der Waals surface area (Å²) in [5.41, 5.74) is 0.650. The van der Waals surface area contributed by atoms with Crippen LogP contribution in [0, 0.1) is 29.1 Å². The normalized spacial score (nSPS) is 38.8. The average Bonchev–Trinajstić information content (AvgIpc) is 2.43. The largest absolute Gasteiger partial charge is 0.469 e. The molecule has 4 fully saturated rings. The van der Waals surface area contributed by atoms with Gasteiger partial charge in [0.2, 0.25) is 0 Å². The number of carbonyl (C=O) groups excluding carboxylic acids is 1. The minimum atomic E-state index is -0.0864. The van der Waals surface area contributed by atoms with Crippen molar-refractivity contribution in [3.63, 3.8) is 0 Å². The van der Waals surface area contributed by atoms with Gasteiger partial charge in [-0.2, -0.15) is 0 Å². The van der Waals surface area contributed by atoms with Crippen LogP contribution in [0.25, 0.3) is 0 Å². The third kappa shape index (κ3) is 3.28. The molecule has 3 heteroatoms. The molecule has 4 bridgehead atoms. The molecular formula is C18H31NO2. The summed E-state index contributed by atoms with van der Waals surface area (Å²) in [6.07, 6.45) is 10.4. The molecule has 0 radical (unpaired) electrons. The second-order valence-electron chi connectivity index (χ2n) is 8.35. The van der Waals surface area contributed by atoms with Crippen LogP contribution in [0.3, 0.4) is 0 Å². The van der Waals surface area contributed by atoms with Crippen molar-refractivity contribution in [2.24, 2.45) is 29.1 Å². The van der Waals surface area contributed by atoms with E-state index in [2.05, 4.69) is 11.9 Å². The highest BCUT2D eigenvalue weighted by Gasteiger charge is 2.50. The highest BCUT2D eigenvalue weighted by atomic mass is 16.5. The van der Waals surface area contributed by atoms with Crippen molar-refractivity contribution in [1.82, 2.24) is 4.90 Å². The zero-order chi connectivity index (χ0) is 15.0. The molecular weight excluding hydrogens is 262 g/mol. The Bertz CT molecular complexity index is 357. The van der Waals surface area contributed by atoms with Crippen molar-refractivity contribution < 1.29 is 9.53 Å². The Labute approximate surface area is 129 Å². The van der Waals surface area contributed by atoms with E-state index in [0.29, 0.717) is 5.41 Å². The van der Waals surface area contributed by atoms with Crippen LogP contribution in [0.4, 0.5) is 0 Å². The third-order valence-electron chi connectivity index (χ3n) is 6.38. The van der Waals surface area contributed by atoms with Crippen LogP contribution in [0.1, 0.15) is 51.9 Å². The van der Waals surface area contributed by atoms with Crippen LogP contribution in [-0.2, 0) is 9.53 Å². The lowest BCUT2D eigenvalue weighted by molar-refractivity contribution is -0.145. The maximum atomic E-state index is 11.5. The number of nitrogens with zero attached hydrogens (tertiary/aromatic N) is 1. The van der Waals surface area contributed by atoms with Gasteiger partial charge in [0, 0.05) is 6.54 Å². The SMILES string of the molecule is COC(=O)C(C)CN(C)CCC12CC3CC(CC(C3)C1)C2. The first-order chi connectivity index (χ1) is 9.99. The zero-order valence-electron chi connectivity index (χ0n) is 13.9. The van der Waals surface area contributed by atoms with Crippen molar-refractivity contribution in [2.45, 2.75) is 51.9 Å². The molecule has 0 spiro atoms. The smallest absolute Gasteiger partial charge is 0.309 e. The van der Waals surface area contributed by atoms with E-state index in [4.69, 9.17) is 4.74 Å². The molecule has 0 N–H and O–H groups in total. The van der Waals surface area contributed by atoms with Crippen LogP contribution in [0.5, 0.6) is 0 Å². The summed E-state index contributed by atoms with van der Waals surface area (Å²) in [6.45, 7) is 3.92. The highest BCUT2D eigenvalue weighted by Crippen LogP contribution is 2.61. The van der Waals surface area contributed by atoms with E-state index in [1.54, 1.807) is 0 Å². The molecule has 0 amide bonds. The van der Waals surface area contributed by atoms with E-state index in [-0.39, 0.29) is 11.9 Å². The van der Waals surface area contributed by atoms with Crippen LogP contribution < -0.4 is 0 Å². The van der Waals surface area contributed by atoms with E-state index in [0.717, 1.165) is 30.8 Å². The molecule has 0 heterocycles. The summed E-state index contributed by atoms with van der Waals surface area (Å²) in [7, 11) is 3.63. The summed E-state index contributed by atoms with van der Waals surface area (Å²) in [6, 6.07) is 0. The van der Waals surface area contributed by atoms with E-state index >= 15 is 0 Å². The summed E-state index contributed by atoms with van der Waals surface area (Å²) in [4.78, 5) is 13.9. The Morgan fingerprint density at radius 2 is 1.71 bits per heavy atom. The molecule has 4 aliphatic carbocycles. The van der Waals surface area contributed by atoms with Crippen LogP contribution >= 0.6 is 0 Å². The zero-order valence-corrected chi connectivity index (χ0v) is 13.9. The summed E-state index contributed by atoms with van der Waals surface area (Å²) in [5, 5.41) is 0. The van der Waals surface area contributed by atoms with E-state index in [1.807, 2.05) is 6.92 Å². The number of methoxy groups -OCH3 is 1. The lowest BCUT2D eigenvalue weighted by Crippen LogP contribution is -2.47. The van der Waals surface area contributed by atoms with Gasteiger partial charge in [-0.3, -0.25) is 4.79 Å². The van der Waals surface area contributed by atoms with Gasteiger partial charge in [-0.05, 0) is 81.7 Å². The van der Waals surface area contributed by atoms with Crippen molar-refractivity contribution in [3.8, 4) is 0 Å². The van der Waals surface area contributed by atoms with Crippen molar-refractivity contribution in [1.29, 1.82) is 0 Å². The van der Waals surface area contributed by atoms with Gasteiger partial charge >= 0.3 is 5.97 Å². The first kappa shape index (κ1) is 15.3. The van der Waals surface area contributed by atoms with Gasteiger partial charge in [0.1, 0.15) is 0 Å². The topological polar surface area (TPSA) is 29.5 Å². The molecule has 4 saturated carbocycles.